The van der Waals surface area contributed by atoms with Crippen molar-refractivity contribution >= 4 is 29.0 Å². The third-order valence-electron chi connectivity index (χ3n) is 6.28. The van der Waals surface area contributed by atoms with Gasteiger partial charge in [-0.3, -0.25) is 9.88 Å². The zero-order valence-electron chi connectivity index (χ0n) is 16.8. The minimum atomic E-state index is -4.21. The van der Waals surface area contributed by atoms with Gasteiger partial charge in [-0.25, -0.2) is 9.78 Å². The minimum absolute atomic E-state index is 0.0313. The molecule has 0 saturated carbocycles. The second-order valence-corrected chi connectivity index (χ2v) is 8.27. The number of hydrogen-bond donors (Lipinski definition) is 1. The number of halogens is 3. The summed E-state index contributed by atoms with van der Waals surface area (Å²) in [7, 11) is 0. The van der Waals surface area contributed by atoms with Crippen LogP contribution in [0.2, 0.25) is 0 Å². The van der Waals surface area contributed by atoms with Crippen LogP contribution in [0, 0.1) is 5.92 Å². The number of anilines is 4. The Hall–Kier alpha value is -3.04. The lowest BCUT2D eigenvalue weighted by Gasteiger charge is -2.38. The van der Waals surface area contributed by atoms with Crippen molar-refractivity contribution in [3.8, 4) is 0 Å². The first kappa shape index (κ1) is 19.9. The maximum atomic E-state index is 13.3. The molecule has 1 unspecified atom stereocenters. The van der Waals surface area contributed by atoms with E-state index in [2.05, 4.69) is 15.2 Å². The molecule has 1 N–H and O–H groups in total. The van der Waals surface area contributed by atoms with E-state index in [9.17, 15) is 18.0 Å². The van der Waals surface area contributed by atoms with Crippen molar-refractivity contribution in [2.75, 3.05) is 46.2 Å². The number of amides is 2. The molecule has 0 aliphatic carbocycles. The molecule has 2 aromatic heterocycles. The molecule has 0 radical (unpaired) electrons. The highest BCUT2D eigenvalue weighted by Gasteiger charge is 2.43. The molecule has 31 heavy (non-hydrogen) atoms. The van der Waals surface area contributed by atoms with Crippen LogP contribution in [0.3, 0.4) is 0 Å². The summed E-state index contributed by atoms with van der Waals surface area (Å²) in [4.78, 5) is 27.4. The number of rotatable bonds is 2. The van der Waals surface area contributed by atoms with E-state index in [1.54, 1.807) is 40.4 Å². The van der Waals surface area contributed by atoms with Crippen molar-refractivity contribution in [3.05, 3.63) is 36.7 Å². The maximum Gasteiger partial charge on any atom is 0.393 e. The summed E-state index contributed by atoms with van der Waals surface area (Å²) in [6.07, 6.45) is 0.391. The van der Waals surface area contributed by atoms with Crippen LogP contribution in [0.15, 0.2) is 36.7 Å². The zero-order valence-corrected chi connectivity index (χ0v) is 16.8. The van der Waals surface area contributed by atoms with Gasteiger partial charge in [0.05, 0.1) is 29.5 Å². The third kappa shape index (κ3) is 3.75. The summed E-state index contributed by atoms with van der Waals surface area (Å²) >= 11 is 0. The van der Waals surface area contributed by atoms with Crippen LogP contribution < -0.4 is 20.0 Å². The number of aromatic nitrogens is 2. The lowest BCUT2D eigenvalue weighted by molar-refractivity contribution is -0.176. The number of hydrogen-bond acceptors (Lipinski definition) is 5. The van der Waals surface area contributed by atoms with Crippen molar-refractivity contribution < 1.29 is 18.0 Å². The summed E-state index contributed by atoms with van der Waals surface area (Å²) in [5.41, 5.74) is 1.41. The number of urea groups is 1. The van der Waals surface area contributed by atoms with E-state index in [1.165, 1.54) is 0 Å². The average molecular weight is 432 g/mol. The second-order valence-electron chi connectivity index (χ2n) is 8.27. The Morgan fingerprint density at radius 3 is 2.74 bits per heavy atom. The minimum Gasteiger partial charge on any atom is -0.366 e. The zero-order chi connectivity index (χ0) is 21.6. The fraction of sp³-hybridized carbons (Fsp3) is 0.476. The molecule has 7 nitrogen and oxygen atoms in total. The Balaban J connectivity index is 1.45. The van der Waals surface area contributed by atoms with Crippen molar-refractivity contribution in [1.29, 1.82) is 0 Å². The first-order valence-corrected chi connectivity index (χ1v) is 10.5. The number of carbonyl (C=O) groups is 1. The van der Waals surface area contributed by atoms with Crippen molar-refractivity contribution in [1.82, 2.24) is 9.97 Å². The first-order chi connectivity index (χ1) is 14.9. The van der Waals surface area contributed by atoms with E-state index in [4.69, 9.17) is 4.98 Å². The van der Waals surface area contributed by atoms with Crippen LogP contribution in [0.1, 0.15) is 19.3 Å². The molecule has 5 rings (SSSR count). The van der Waals surface area contributed by atoms with Crippen LogP contribution in [0.5, 0.6) is 0 Å². The summed E-state index contributed by atoms with van der Waals surface area (Å²) in [6, 6.07) is 6.80. The molecule has 2 fully saturated rings. The van der Waals surface area contributed by atoms with Gasteiger partial charge in [0.2, 0.25) is 0 Å². The van der Waals surface area contributed by atoms with Gasteiger partial charge in [-0.05, 0) is 43.5 Å². The molecule has 164 valence electrons. The first-order valence-electron chi connectivity index (χ1n) is 10.5. The Bertz CT molecular complexity index is 969. The molecule has 2 bridgehead atoms. The smallest absolute Gasteiger partial charge is 0.366 e. The predicted octanol–water partition coefficient (Wildman–Crippen LogP) is 3.89. The quantitative estimate of drug-likeness (QED) is 0.780. The molecule has 3 aliphatic rings. The number of pyridine rings is 2. The van der Waals surface area contributed by atoms with Crippen LogP contribution in [0.25, 0.3) is 0 Å². The third-order valence-corrected chi connectivity index (χ3v) is 6.28. The van der Waals surface area contributed by atoms with Crippen LogP contribution >= 0.6 is 0 Å². The normalized spacial score (nSPS) is 23.0. The topological polar surface area (TPSA) is 64.6 Å². The fourth-order valence-corrected chi connectivity index (χ4v) is 4.71. The number of alkyl halides is 3. The lowest BCUT2D eigenvalue weighted by Crippen LogP contribution is -2.48. The highest BCUT2D eigenvalue weighted by atomic mass is 19.4. The van der Waals surface area contributed by atoms with Gasteiger partial charge in [0.1, 0.15) is 5.82 Å². The van der Waals surface area contributed by atoms with Crippen molar-refractivity contribution in [2.24, 2.45) is 5.92 Å². The summed E-state index contributed by atoms with van der Waals surface area (Å²) in [6.45, 7) is 1.95. The number of piperidine rings is 1. The van der Waals surface area contributed by atoms with E-state index >= 15 is 0 Å². The van der Waals surface area contributed by atoms with E-state index < -0.39 is 12.1 Å². The molecule has 2 amide bonds. The van der Waals surface area contributed by atoms with Gasteiger partial charge < -0.3 is 15.1 Å². The summed E-state index contributed by atoms with van der Waals surface area (Å²) in [5.74, 6) is -0.375. The molecule has 5 heterocycles. The van der Waals surface area contributed by atoms with Gasteiger partial charge in [-0.2, -0.15) is 13.2 Å². The van der Waals surface area contributed by atoms with E-state index in [1.807, 2.05) is 6.07 Å². The van der Waals surface area contributed by atoms with Crippen LogP contribution in [-0.4, -0.2) is 54.4 Å². The van der Waals surface area contributed by atoms with Gasteiger partial charge in [0.25, 0.3) is 0 Å². The molecular weight excluding hydrogens is 409 g/mol. The van der Waals surface area contributed by atoms with Crippen molar-refractivity contribution in [2.45, 2.75) is 31.5 Å². The van der Waals surface area contributed by atoms with E-state index in [0.717, 1.165) is 18.7 Å². The molecule has 2 saturated heterocycles. The van der Waals surface area contributed by atoms with E-state index in [0.29, 0.717) is 36.8 Å². The second kappa shape index (κ2) is 7.58. The number of nitrogens with zero attached hydrogens (tertiary/aromatic N) is 5. The monoisotopic (exact) mass is 432 g/mol. The molecule has 0 aromatic carbocycles. The number of nitrogens with one attached hydrogen (secondary N) is 1. The largest absolute Gasteiger partial charge is 0.393 e. The highest BCUT2D eigenvalue weighted by molar-refractivity contribution is 6.04. The summed E-state index contributed by atoms with van der Waals surface area (Å²) in [5, 5.41) is 2.86. The van der Waals surface area contributed by atoms with Gasteiger partial charge in [-0.1, -0.05) is 0 Å². The van der Waals surface area contributed by atoms with Gasteiger partial charge in [0.15, 0.2) is 5.82 Å². The van der Waals surface area contributed by atoms with Crippen LogP contribution in [0.4, 0.5) is 41.0 Å². The van der Waals surface area contributed by atoms with Gasteiger partial charge in [-0.15, -0.1) is 0 Å². The van der Waals surface area contributed by atoms with Gasteiger partial charge in [0, 0.05) is 32.4 Å². The Morgan fingerprint density at radius 1 is 1.10 bits per heavy atom. The highest BCUT2D eigenvalue weighted by Crippen LogP contribution is 2.41. The van der Waals surface area contributed by atoms with Crippen molar-refractivity contribution in [3.63, 3.8) is 0 Å². The molecule has 3 aliphatic heterocycles. The fourth-order valence-electron chi connectivity index (χ4n) is 4.71. The number of carbonyl (C=O) groups excluding carboxylic acids is 1. The molecule has 2 aromatic rings. The predicted molar refractivity (Wildman–Crippen MR) is 112 cm³/mol. The Labute approximate surface area is 177 Å². The Morgan fingerprint density at radius 2 is 1.97 bits per heavy atom. The van der Waals surface area contributed by atoms with E-state index in [-0.39, 0.29) is 25.0 Å². The van der Waals surface area contributed by atoms with Gasteiger partial charge >= 0.3 is 12.2 Å². The lowest BCUT2D eigenvalue weighted by atomic mass is 9.97. The maximum absolute atomic E-state index is 13.3. The Kier molecular flexibility index (Phi) is 4.86. The van der Waals surface area contributed by atoms with Crippen LogP contribution in [-0.2, 0) is 0 Å². The number of fused-ring (bicyclic) bond motifs is 4. The summed E-state index contributed by atoms with van der Waals surface area (Å²) < 4.78 is 39.8. The standard InChI is InChI=1S/C21H23F3N6O/c22-21(23,24)14-3-2-9-29(12-14)18-6-5-17-19(27-18)30(16-7-10-28(17)13-16)20(31)26-15-4-1-8-25-11-15/h1,4-6,8,11,14,16H,2-3,7,9-10,12-13H2,(H,26,31)/t14?,16-/m0/s1. The average Bonchev–Trinajstić information content (AvgIpc) is 3.18. The molecule has 10 heteroatoms. The SMILES string of the molecule is O=C(Nc1cccnc1)N1c2nc(N3CCCC(C(F)(F)F)C3)ccc2N2CC[C@H]1C2. The molecular formula is C21H23F3N6O. The molecule has 0 spiro atoms. The molecule has 2 atom stereocenters.